The molecule has 0 saturated carbocycles. The van der Waals surface area contributed by atoms with Gasteiger partial charge >= 0.3 is 0 Å². The Morgan fingerprint density at radius 1 is 0.933 bits per heavy atom. The van der Waals surface area contributed by atoms with Crippen molar-refractivity contribution >= 4 is 21.8 Å². The Kier molecular flexibility index (Phi) is 5.88. The molecule has 2 fully saturated rings. The molecule has 1 aromatic heterocycles. The third kappa shape index (κ3) is 4.54. The Hall–Kier alpha value is -2.33. The van der Waals surface area contributed by atoms with E-state index in [0.29, 0.717) is 13.1 Å². The third-order valence-corrected chi connectivity index (χ3v) is 7.35. The smallest absolute Gasteiger partial charge is 0.227 e. The molecule has 0 bridgehead atoms. The predicted octanol–water partition coefficient (Wildman–Crippen LogP) is 2.32. The van der Waals surface area contributed by atoms with Gasteiger partial charge in [0, 0.05) is 56.6 Å². The highest BCUT2D eigenvalue weighted by Crippen LogP contribution is 2.23. The lowest BCUT2D eigenvalue weighted by molar-refractivity contribution is 0.382. The van der Waals surface area contributed by atoms with Crippen LogP contribution in [0.1, 0.15) is 24.1 Å². The van der Waals surface area contributed by atoms with Gasteiger partial charge in [0.25, 0.3) is 0 Å². The fourth-order valence-electron chi connectivity index (χ4n) is 3.89. The number of aromatic nitrogens is 2. The molecule has 2 aliphatic rings. The number of rotatable bonds is 5. The molecule has 4 rings (SSSR count). The molecule has 0 amide bonds. The number of nitrogens with zero attached hydrogens (tertiary/aromatic N) is 5. The summed E-state index contributed by atoms with van der Waals surface area (Å²) in [5, 5.41) is 0. The number of aryl methyl sites for hydroxylation is 1. The second kappa shape index (κ2) is 8.43. The second-order valence-electron chi connectivity index (χ2n) is 7.74. The van der Waals surface area contributed by atoms with Crippen LogP contribution in [0, 0.1) is 18.6 Å². The number of hydrogen-bond acceptors (Lipinski definition) is 6. The minimum Gasteiger partial charge on any atom is -0.354 e. The molecule has 0 N–H and O–H groups in total. The van der Waals surface area contributed by atoms with Crippen LogP contribution in [-0.2, 0) is 15.8 Å². The molecule has 3 heterocycles. The van der Waals surface area contributed by atoms with Gasteiger partial charge in [0.2, 0.25) is 16.0 Å². The van der Waals surface area contributed by atoms with E-state index in [2.05, 4.69) is 9.88 Å². The van der Waals surface area contributed by atoms with E-state index in [1.165, 1.54) is 4.31 Å². The largest absolute Gasteiger partial charge is 0.354 e. The van der Waals surface area contributed by atoms with Crippen LogP contribution in [0.3, 0.4) is 0 Å². The second-order valence-corrected chi connectivity index (χ2v) is 9.71. The number of halogens is 2. The number of piperazine rings is 1. The van der Waals surface area contributed by atoms with Gasteiger partial charge in [0.05, 0.1) is 5.75 Å². The maximum absolute atomic E-state index is 13.9. The molecule has 0 aliphatic carbocycles. The van der Waals surface area contributed by atoms with Crippen LogP contribution < -0.4 is 9.80 Å². The summed E-state index contributed by atoms with van der Waals surface area (Å²) in [6, 6.07) is 4.77. The van der Waals surface area contributed by atoms with Crippen LogP contribution in [0.15, 0.2) is 24.3 Å². The van der Waals surface area contributed by atoms with Gasteiger partial charge < -0.3 is 9.80 Å². The Balaban J connectivity index is 1.44. The summed E-state index contributed by atoms with van der Waals surface area (Å²) in [6.07, 6.45) is 2.27. The van der Waals surface area contributed by atoms with Gasteiger partial charge in [-0.25, -0.2) is 22.2 Å². The fourth-order valence-corrected chi connectivity index (χ4v) is 5.41. The van der Waals surface area contributed by atoms with Crippen molar-refractivity contribution in [3.05, 3.63) is 47.2 Å². The minimum atomic E-state index is -3.75. The van der Waals surface area contributed by atoms with Crippen molar-refractivity contribution in [2.75, 3.05) is 49.1 Å². The number of hydrogen-bond donors (Lipinski definition) is 0. The molecule has 0 unspecified atom stereocenters. The van der Waals surface area contributed by atoms with Crippen molar-refractivity contribution in [3.63, 3.8) is 0 Å². The molecule has 1 aromatic carbocycles. The van der Waals surface area contributed by atoms with Gasteiger partial charge in [0.15, 0.2) is 0 Å². The molecule has 7 nitrogen and oxygen atoms in total. The van der Waals surface area contributed by atoms with E-state index in [-0.39, 0.29) is 18.7 Å². The van der Waals surface area contributed by atoms with E-state index >= 15 is 0 Å². The summed E-state index contributed by atoms with van der Waals surface area (Å²) in [6.45, 7) is 5.31. The lowest BCUT2D eigenvalue weighted by atomic mass is 10.2. The molecular formula is C20H25F2N5O2S. The van der Waals surface area contributed by atoms with E-state index in [0.717, 1.165) is 61.6 Å². The highest BCUT2D eigenvalue weighted by molar-refractivity contribution is 7.88. The lowest BCUT2D eigenvalue weighted by Gasteiger charge is -2.35. The molecule has 2 aliphatic heterocycles. The van der Waals surface area contributed by atoms with Crippen molar-refractivity contribution < 1.29 is 17.2 Å². The first kappa shape index (κ1) is 20.9. The van der Waals surface area contributed by atoms with Crippen molar-refractivity contribution in [1.29, 1.82) is 0 Å². The zero-order valence-corrected chi connectivity index (χ0v) is 17.7. The van der Waals surface area contributed by atoms with Gasteiger partial charge in [-0.2, -0.15) is 9.29 Å². The molecule has 2 saturated heterocycles. The monoisotopic (exact) mass is 437 g/mol. The summed E-state index contributed by atoms with van der Waals surface area (Å²) in [5.74, 6) is -0.414. The Bertz CT molecular complexity index is 1020. The summed E-state index contributed by atoms with van der Waals surface area (Å²) in [5.41, 5.74) is 0.720. The van der Waals surface area contributed by atoms with Crippen molar-refractivity contribution in [3.8, 4) is 0 Å². The summed E-state index contributed by atoms with van der Waals surface area (Å²) >= 11 is 0. The fraction of sp³-hybridized carbons (Fsp3) is 0.500. The normalized spacial score (nSPS) is 18.2. The van der Waals surface area contributed by atoms with Crippen LogP contribution in [0.5, 0.6) is 0 Å². The third-order valence-electron chi connectivity index (χ3n) is 5.52. The van der Waals surface area contributed by atoms with Crippen LogP contribution in [0.25, 0.3) is 0 Å². The van der Waals surface area contributed by atoms with Gasteiger partial charge in [-0.1, -0.05) is 0 Å². The first-order valence-electron chi connectivity index (χ1n) is 10.1. The van der Waals surface area contributed by atoms with Crippen molar-refractivity contribution in [1.82, 2.24) is 14.3 Å². The van der Waals surface area contributed by atoms with E-state index in [1.54, 1.807) is 0 Å². The molecule has 10 heteroatoms. The minimum absolute atomic E-state index is 0.154. The summed E-state index contributed by atoms with van der Waals surface area (Å²) < 4.78 is 54.1. The standard InChI is InChI=1S/C20H25F2N5O2S/c1-15-12-19(24-20(23-15)26-6-2-3-7-26)25-8-10-27(11-9-25)30(28,29)14-16-13-17(21)4-5-18(16)22/h4-5,12-13H,2-3,6-11,14H2,1H3. The summed E-state index contributed by atoms with van der Waals surface area (Å²) in [7, 11) is -3.75. The molecule has 162 valence electrons. The van der Waals surface area contributed by atoms with E-state index in [4.69, 9.17) is 4.98 Å². The number of benzene rings is 1. The topological polar surface area (TPSA) is 69.6 Å². The number of anilines is 2. The van der Waals surface area contributed by atoms with Gasteiger partial charge in [0.1, 0.15) is 17.5 Å². The zero-order chi connectivity index (χ0) is 21.3. The Labute approximate surface area is 175 Å². The highest BCUT2D eigenvalue weighted by atomic mass is 32.2. The first-order valence-corrected chi connectivity index (χ1v) is 11.7. The van der Waals surface area contributed by atoms with E-state index in [9.17, 15) is 17.2 Å². The maximum atomic E-state index is 13.9. The quantitative estimate of drug-likeness (QED) is 0.715. The highest BCUT2D eigenvalue weighted by Gasteiger charge is 2.29. The van der Waals surface area contributed by atoms with E-state index < -0.39 is 27.4 Å². The lowest BCUT2D eigenvalue weighted by Crippen LogP contribution is -2.49. The maximum Gasteiger partial charge on any atom is 0.227 e. The van der Waals surface area contributed by atoms with Crippen molar-refractivity contribution in [2.45, 2.75) is 25.5 Å². The molecular weight excluding hydrogens is 412 g/mol. The molecule has 0 radical (unpaired) electrons. The number of sulfonamides is 1. The van der Waals surface area contributed by atoms with Gasteiger partial charge in [-0.3, -0.25) is 0 Å². The SMILES string of the molecule is Cc1cc(N2CCN(S(=O)(=O)Cc3cc(F)ccc3F)CC2)nc(N2CCCC2)n1. The Morgan fingerprint density at radius 2 is 1.63 bits per heavy atom. The molecule has 0 spiro atoms. The molecule has 2 aromatic rings. The van der Waals surface area contributed by atoms with Crippen LogP contribution in [0.4, 0.5) is 20.5 Å². The van der Waals surface area contributed by atoms with Gasteiger partial charge in [-0.05, 0) is 38.0 Å². The van der Waals surface area contributed by atoms with Crippen LogP contribution in [-0.4, -0.2) is 62.0 Å². The molecule has 0 atom stereocenters. The molecule has 30 heavy (non-hydrogen) atoms. The van der Waals surface area contributed by atoms with Gasteiger partial charge in [-0.15, -0.1) is 0 Å². The Morgan fingerprint density at radius 3 is 2.33 bits per heavy atom. The van der Waals surface area contributed by atoms with Crippen LogP contribution >= 0.6 is 0 Å². The first-order chi connectivity index (χ1) is 14.3. The zero-order valence-electron chi connectivity index (χ0n) is 16.9. The van der Waals surface area contributed by atoms with E-state index in [1.807, 2.05) is 17.9 Å². The summed E-state index contributed by atoms with van der Waals surface area (Å²) in [4.78, 5) is 13.5. The van der Waals surface area contributed by atoms with Crippen LogP contribution in [0.2, 0.25) is 0 Å². The predicted molar refractivity (Wildman–Crippen MR) is 111 cm³/mol. The van der Waals surface area contributed by atoms with Crippen molar-refractivity contribution in [2.24, 2.45) is 0 Å². The average molecular weight is 438 g/mol. The average Bonchev–Trinajstić information content (AvgIpc) is 3.25.